The van der Waals surface area contributed by atoms with Crippen molar-refractivity contribution >= 4 is 40.6 Å². The van der Waals surface area contributed by atoms with Gasteiger partial charge in [0.25, 0.3) is 0 Å². The summed E-state index contributed by atoms with van der Waals surface area (Å²) in [7, 11) is 0. The maximum atomic E-state index is 12.4. The number of aliphatic carboxylic acids is 2. The van der Waals surface area contributed by atoms with Gasteiger partial charge in [-0.1, -0.05) is 18.2 Å². The number of aromatic amines is 1. The zero-order chi connectivity index (χ0) is 24.5. The number of para-hydroxylation sites is 1. The lowest BCUT2D eigenvalue weighted by Gasteiger charge is -2.19. The topological polar surface area (TPSA) is 204 Å². The van der Waals surface area contributed by atoms with Crippen molar-refractivity contribution in [3.63, 3.8) is 0 Å². The summed E-state index contributed by atoms with van der Waals surface area (Å²) < 4.78 is 0. The minimum Gasteiger partial charge on any atom is -0.481 e. The Bertz CT molecular complexity index is 1030. The maximum Gasteiger partial charge on any atom is 0.326 e. The Labute approximate surface area is 188 Å². The number of nitrogens with one attached hydrogen (secondary N) is 4. The van der Waals surface area contributed by atoms with Crippen molar-refractivity contribution in [3.05, 3.63) is 36.0 Å². The molecule has 33 heavy (non-hydrogen) atoms. The fraction of sp³-hybridized carbons (Fsp3) is 0.381. The number of carboxylic acids is 2. The van der Waals surface area contributed by atoms with Gasteiger partial charge in [-0.2, -0.15) is 0 Å². The SMILES string of the molecule is CC(NC(=O)CNC(=O)C(N)CCC(=O)O)C(=O)NC(Cc1c[nH]c2ccccc12)C(=O)O. The molecule has 12 heteroatoms. The first-order chi connectivity index (χ1) is 15.6. The molecule has 0 bridgehead atoms. The molecule has 0 saturated carbocycles. The Morgan fingerprint density at radius 1 is 1.06 bits per heavy atom. The van der Waals surface area contributed by atoms with Gasteiger partial charge in [-0.25, -0.2) is 4.79 Å². The molecule has 0 fully saturated rings. The number of hydrogen-bond donors (Lipinski definition) is 7. The minimum atomic E-state index is -1.23. The first kappa shape index (κ1) is 25.3. The van der Waals surface area contributed by atoms with E-state index in [-0.39, 0.29) is 19.3 Å². The van der Waals surface area contributed by atoms with Crippen LogP contribution in [0, 0.1) is 0 Å². The Balaban J connectivity index is 1.85. The minimum absolute atomic E-state index is 0.0377. The largest absolute Gasteiger partial charge is 0.481 e. The van der Waals surface area contributed by atoms with Crippen LogP contribution in [0.4, 0.5) is 0 Å². The molecule has 1 heterocycles. The quantitative estimate of drug-likeness (QED) is 0.210. The van der Waals surface area contributed by atoms with Crippen LogP contribution < -0.4 is 21.7 Å². The number of benzene rings is 1. The van der Waals surface area contributed by atoms with Crippen LogP contribution in [0.25, 0.3) is 10.9 Å². The van der Waals surface area contributed by atoms with Gasteiger partial charge in [0, 0.05) is 29.9 Å². The van der Waals surface area contributed by atoms with Gasteiger partial charge >= 0.3 is 11.9 Å². The predicted octanol–water partition coefficient (Wildman–Crippen LogP) is -0.907. The smallest absolute Gasteiger partial charge is 0.326 e. The van der Waals surface area contributed by atoms with Crippen LogP contribution in [0.2, 0.25) is 0 Å². The zero-order valence-electron chi connectivity index (χ0n) is 18.0. The summed E-state index contributed by atoms with van der Waals surface area (Å²) in [6.07, 6.45) is 1.34. The first-order valence-electron chi connectivity index (χ1n) is 10.2. The molecular weight excluding hydrogens is 434 g/mol. The molecule has 3 unspecified atom stereocenters. The van der Waals surface area contributed by atoms with Crippen LogP contribution in [0.3, 0.4) is 0 Å². The van der Waals surface area contributed by atoms with E-state index < -0.39 is 54.3 Å². The van der Waals surface area contributed by atoms with Gasteiger partial charge in [0.1, 0.15) is 12.1 Å². The van der Waals surface area contributed by atoms with Gasteiger partial charge < -0.3 is 36.9 Å². The molecule has 2 aromatic rings. The maximum absolute atomic E-state index is 12.4. The average molecular weight is 461 g/mol. The number of carbonyl (C=O) groups is 5. The normalized spacial score (nSPS) is 13.5. The number of nitrogens with two attached hydrogens (primary N) is 1. The van der Waals surface area contributed by atoms with Crippen LogP contribution in [0.1, 0.15) is 25.3 Å². The lowest BCUT2D eigenvalue weighted by Crippen LogP contribution is -2.53. The third kappa shape index (κ3) is 7.61. The lowest BCUT2D eigenvalue weighted by molar-refractivity contribution is -0.142. The summed E-state index contributed by atoms with van der Waals surface area (Å²) in [5.41, 5.74) is 7.11. The van der Waals surface area contributed by atoms with Crippen molar-refractivity contribution in [1.82, 2.24) is 20.9 Å². The number of carboxylic acid groups (broad SMARTS) is 2. The number of rotatable bonds is 12. The molecule has 3 atom stereocenters. The van der Waals surface area contributed by atoms with Gasteiger partial charge in [0.2, 0.25) is 17.7 Å². The second-order valence-corrected chi connectivity index (χ2v) is 7.51. The Hall–Kier alpha value is -3.93. The molecule has 178 valence electrons. The average Bonchev–Trinajstić information content (AvgIpc) is 3.17. The lowest BCUT2D eigenvalue weighted by atomic mass is 10.0. The second kappa shape index (κ2) is 11.6. The van der Waals surface area contributed by atoms with Crippen molar-refractivity contribution in [3.8, 4) is 0 Å². The fourth-order valence-corrected chi connectivity index (χ4v) is 3.08. The molecule has 3 amide bonds. The number of carbonyl (C=O) groups excluding carboxylic acids is 3. The molecule has 2 rings (SSSR count). The molecular formula is C21H27N5O7. The van der Waals surface area contributed by atoms with Crippen molar-refractivity contribution in [2.45, 2.75) is 44.3 Å². The molecule has 0 saturated heterocycles. The zero-order valence-corrected chi connectivity index (χ0v) is 18.0. The van der Waals surface area contributed by atoms with Crippen LogP contribution in [0.5, 0.6) is 0 Å². The third-order valence-electron chi connectivity index (χ3n) is 4.91. The van der Waals surface area contributed by atoms with E-state index in [9.17, 15) is 29.1 Å². The Morgan fingerprint density at radius 2 is 1.76 bits per heavy atom. The molecule has 1 aromatic heterocycles. The molecule has 0 aliphatic heterocycles. The van der Waals surface area contributed by atoms with Crippen molar-refractivity contribution in [1.29, 1.82) is 0 Å². The van der Waals surface area contributed by atoms with E-state index in [2.05, 4.69) is 20.9 Å². The first-order valence-corrected chi connectivity index (χ1v) is 10.2. The van der Waals surface area contributed by atoms with E-state index in [1.807, 2.05) is 24.3 Å². The molecule has 1 aromatic carbocycles. The number of aromatic nitrogens is 1. The highest BCUT2D eigenvalue weighted by Gasteiger charge is 2.25. The summed E-state index contributed by atoms with van der Waals surface area (Å²) >= 11 is 0. The predicted molar refractivity (Wildman–Crippen MR) is 117 cm³/mol. The van der Waals surface area contributed by atoms with Crippen molar-refractivity contribution < 1.29 is 34.2 Å². The Kier molecular flexibility index (Phi) is 8.92. The van der Waals surface area contributed by atoms with Gasteiger partial charge in [-0.05, 0) is 25.0 Å². The molecule has 0 spiro atoms. The van der Waals surface area contributed by atoms with Gasteiger partial charge in [-0.15, -0.1) is 0 Å². The second-order valence-electron chi connectivity index (χ2n) is 7.51. The fourth-order valence-electron chi connectivity index (χ4n) is 3.08. The highest BCUT2D eigenvalue weighted by Crippen LogP contribution is 2.19. The number of hydrogen-bond acceptors (Lipinski definition) is 6. The monoisotopic (exact) mass is 461 g/mol. The van der Waals surface area contributed by atoms with E-state index in [1.165, 1.54) is 6.92 Å². The van der Waals surface area contributed by atoms with Crippen LogP contribution in [-0.2, 0) is 30.4 Å². The van der Waals surface area contributed by atoms with Crippen molar-refractivity contribution in [2.75, 3.05) is 6.54 Å². The van der Waals surface area contributed by atoms with Gasteiger partial charge in [0.15, 0.2) is 0 Å². The molecule has 0 radical (unpaired) electrons. The molecule has 0 aliphatic rings. The summed E-state index contributed by atoms with van der Waals surface area (Å²) in [4.78, 5) is 61.5. The van der Waals surface area contributed by atoms with Crippen molar-refractivity contribution in [2.24, 2.45) is 5.73 Å². The van der Waals surface area contributed by atoms with Crippen LogP contribution in [0.15, 0.2) is 30.5 Å². The third-order valence-corrected chi connectivity index (χ3v) is 4.91. The Morgan fingerprint density at radius 3 is 2.42 bits per heavy atom. The van der Waals surface area contributed by atoms with E-state index in [0.717, 1.165) is 16.5 Å². The van der Waals surface area contributed by atoms with Crippen LogP contribution >= 0.6 is 0 Å². The molecule has 12 nitrogen and oxygen atoms in total. The molecule has 0 aliphatic carbocycles. The van der Waals surface area contributed by atoms with E-state index in [0.29, 0.717) is 0 Å². The van der Waals surface area contributed by atoms with E-state index in [4.69, 9.17) is 10.8 Å². The number of amides is 3. The van der Waals surface area contributed by atoms with Crippen LogP contribution in [-0.4, -0.2) is 69.5 Å². The van der Waals surface area contributed by atoms with Gasteiger partial charge in [0.05, 0.1) is 12.6 Å². The number of H-pyrrole nitrogens is 1. The molecule has 8 N–H and O–H groups in total. The summed E-state index contributed by atoms with van der Waals surface area (Å²) in [6, 6.07) is 3.98. The summed E-state index contributed by atoms with van der Waals surface area (Å²) in [5.74, 6) is -4.43. The highest BCUT2D eigenvalue weighted by atomic mass is 16.4. The van der Waals surface area contributed by atoms with E-state index >= 15 is 0 Å². The number of fused-ring (bicyclic) bond motifs is 1. The summed E-state index contributed by atoms with van der Waals surface area (Å²) in [6.45, 7) is 0.896. The van der Waals surface area contributed by atoms with E-state index in [1.54, 1.807) is 6.20 Å². The highest BCUT2D eigenvalue weighted by molar-refractivity contribution is 5.92. The van der Waals surface area contributed by atoms with Gasteiger partial charge in [-0.3, -0.25) is 19.2 Å². The summed E-state index contributed by atoms with van der Waals surface area (Å²) in [5, 5.41) is 26.0. The standard InChI is InChI=1S/C21H27N5O7/c1-11(25-17(27)10-24-20(31)14(22)6-7-18(28)29)19(30)26-16(21(32)33)8-12-9-23-15-5-3-2-4-13(12)15/h2-5,9,11,14,16,23H,6-8,10,22H2,1H3,(H,24,31)(H,25,27)(H,26,30)(H,28,29)(H,32,33).